The summed E-state index contributed by atoms with van der Waals surface area (Å²) in [7, 11) is 0. The predicted molar refractivity (Wildman–Crippen MR) is 104 cm³/mol. The first-order chi connectivity index (χ1) is 13.6. The molecule has 1 aliphatic heterocycles. The molecule has 148 valence electrons. The molecule has 1 unspecified atom stereocenters. The van der Waals surface area contributed by atoms with Crippen LogP contribution in [0.2, 0.25) is 0 Å². The molecule has 1 aliphatic carbocycles. The minimum Gasteiger partial charge on any atom is -0.352 e. The maximum Gasteiger partial charge on any atom is 0.276 e. The maximum absolute atomic E-state index is 12.7. The highest BCUT2D eigenvalue weighted by Gasteiger charge is 2.31. The van der Waals surface area contributed by atoms with E-state index in [0.29, 0.717) is 44.5 Å². The second kappa shape index (κ2) is 8.10. The molecule has 2 aromatic rings. The van der Waals surface area contributed by atoms with E-state index in [0.717, 1.165) is 18.4 Å². The third kappa shape index (κ3) is 4.39. The Morgan fingerprint density at radius 2 is 1.86 bits per heavy atom. The highest BCUT2D eigenvalue weighted by Crippen LogP contribution is 2.19. The van der Waals surface area contributed by atoms with Gasteiger partial charge in [0.2, 0.25) is 5.91 Å². The van der Waals surface area contributed by atoms with Gasteiger partial charge in [0, 0.05) is 32.2 Å². The number of aromatic nitrogens is 3. The van der Waals surface area contributed by atoms with E-state index in [-0.39, 0.29) is 17.9 Å². The van der Waals surface area contributed by atoms with Crippen molar-refractivity contribution in [2.45, 2.75) is 38.4 Å². The minimum atomic E-state index is -0.162. The molecule has 8 heteroatoms. The zero-order valence-corrected chi connectivity index (χ0v) is 16.1. The van der Waals surface area contributed by atoms with Gasteiger partial charge in [0.05, 0.1) is 18.8 Å². The first-order valence-electron chi connectivity index (χ1n) is 9.88. The molecule has 1 saturated heterocycles. The molecule has 2 amide bonds. The molecule has 1 atom stereocenters. The molecule has 1 saturated carbocycles. The highest BCUT2D eigenvalue weighted by atomic mass is 16.2. The lowest BCUT2D eigenvalue weighted by Crippen LogP contribution is -2.55. The van der Waals surface area contributed by atoms with Crippen LogP contribution in [0.1, 0.15) is 35.8 Å². The molecule has 4 rings (SSSR count). The normalized spacial score (nSPS) is 18.7. The van der Waals surface area contributed by atoms with Crippen molar-refractivity contribution in [1.29, 1.82) is 0 Å². The number of hydrogen-bond donors (Lipinski definition) is 1. The average Bonchev–Trinajstić information content (AvgIpc) is 3.42. The van der Waals surface area contributed by atoms with Gasteiger partial charge in [-0.25, -0.2) is 4.68 Å². The van der Waals surface area contributed by atoms with Crippen LogP contribution in [0.5, 0.6) is 0 Å². The summed E-state index contributed by atoms with van der Waals surface area (Å²) in [4.78, 5) is 28.9. The highest BCUT2D eigenvalue weighted by molar-refractivity contribution is 5.92. The molecule has 0 bridgehead atoms. The van der Waals surface area contributed by atoms with Crippen molar-refractivity contribution < 1.29 is 9.59 Å². The molecule has 8 nitrogen and oxygen atoms in total. The van der Waals surface area contributed by atoms with Gasteiger partial charge in [0.1, 0.15) is 0 Å². The Morgan fingerprint density at radius 3 is 2.54 bits per heavy atom. The number of carbonyl (C=O) groups is 2. The van der Waals surface area contributed by atoms with E-state index in [1.807, 2.05) is 37.3 Å². The van der Waals surface area contributed by atoms with Crippen LogP contribution in [-0.2, 0) is 11.3 Å². The lowest BCUT2D eigenvalue weighted by molar-refractivity contribution is -0.126. The molecule has 0 spiro atoms. The van der Waals surface area contributed by atoms with Gasteiger partial charge in [-0.3, -0.25) is 14.5 Å². The molecule has 0 radical (unpaired) electrons. The van der Waals surface area contributed by atoms with Crippen molar-refractivity contribution >= 4 is 11.8 Å². The van der Waals surface area contributed by atoms with Gasteiger partial charge in [-0.2, -0.15) is 0 Å². The van der Waals surface area contributed by atoms with Gasteiger partial charge in [-0.15, -0.1) is 5.10 Å². The summed E-state index contributed by atoms with van der Waals surface area (Å²) in [5.41, 5.74) is 1.47. The van der Waals surface area contributed by atoms with E-state index in [9.17, 15) is 9.59 Å². The number of amides is 2. The first-order valence-corrected chi connectivity index (χ1v) is 9.88. The Morgan fingerprint density at radius 1 is 1.14 bits per heavy atom. The van der Waals surface area contributed by atoms with Crippen molar-refractivity contribution in [3.05, 3.63) is 47.8 Å². The molecular formula is C20H26N6O2. The number of rotatable bonds is 6. The summed E-state index contributed by atoms with van der Waals surface area (Å²) in [5.74, 6) is -0.0137. The Hall–Kier alpha value is -2.74. The maximum atomic E-state index is 12.7. The van der Waals surface area contributed by atoms with Gasteiger partial charge in [-0.1, -0.05) is 35.5 Å². The number of piperazine rings is 1. The van der Waals surface area contributed by atoms with Gasteiger partial charge < -0.3 is 10.2 Å². The van der Waals surface area contributed by atoms with Crippen molar-refractivity contribution in [3.8, 4) is 0 Å². The Labute approximate surface area is 164 Å². The van der Waals surface area contributed by atoms with Crippen molar-refractivity contribution in [2.24, 2.45) is 0 Å². The molecule has 2 aliphatic rings. The van der Waals surface area contributed by atoms with E-state index >= 15 is 0 Å². The first kappa shape index (κ1) is 18.6. The fraction of sp³-hybridized carbons (Fsp3) is 0.500. The van der Waals surface area contributed by atoms with Crippen LogP contribution in [0.4, 0.5) is 0 Å². The number of hydrogen-bond acceptors (Lipinski definition) is 5. The summed E-state index contributed by atoms with van der Waals surface area (Å²) in [6, 6.07) is 10.2. The summed E-state index contributed by atoms with van der Waals surface area (Å²) >= 11 is 0. The van der Waals surface area contributed by atoms with Crippen molar-refractivity contribution in [2.75, 3.05) is 26.2 Å². The fourth-order valence-corrected chi connectivity index (χ4v) is 3.43. The number of carbonyl (C=O) groups excluding carboxylic acids is 2. The van der Waals surface area contributed by atoms with E-state index in [4.69, 9.17) is 0 Å². The van der Waals surface area contributed by atoms with Crippen LogP contribution in [0.25, 0.3) is 0 Å². The Balaban J connectivity index is 1.29. The number of benzene rings is 1. The third-order valence-electron chi connectivity index (χ3n) is 5.40. The van der Waals surface area contributed by atoms with Gasteiger partial charge in [0.25, 0.3) is 5.91 Å². The van der Waals surface area contributed by atoms with Gasteiger partial charge in [0.15, 0.2) is 5.69 Å². The zero-order chi connectivity index (χ0) is 19.5. The summed E-state index contributed by atoms with van der Waals surface area (Å²) in [6.07, 6.45) is 3.88. The molecular weight excluding hydrogens is 356 g/mol. The standard InChI is InChI=1S/C20H26N6O2/c1-15(19(27)21-17-7-8-17)24-9-11-25(12-10-24)20(28)18-14-26(23-22-18)13-16-5-3-2-4-6-16/h2-6,14-15,17H,7-13H2,1H3,(H,21,27). The lowest BCUT2D eigenvalue weighted by Gasteiger charge is -2.37. The lowest BCUT2D eigenvalue weighted by atomic mass is 10.2. The minimum absolute atomic E-state index is 0.0890. The predicted octanol–water partition coefficient (Wildman–Crippen LogP) is 0.751. The van der Waals surface area contributed by atoms with E-state index in [1.165, 1.54) is 0 Å². The Kier molecular flexibility index (Phi) is 5.38. The van der Waals surface area contributed by atoms with Crippen LogP contribution in [0.15, 0.2) is 36.5 Å². The molecule has 1 aromatic heterocycles. The quantitative estimate of drug-likeness (QED) is 0.797. The molecule has 2 fully saturated rings. The van der Waals surface area contributed by atoms with E-state index in [1.54, 1.807) is 15.8 Å². The Bertz CT molecular complexity index is 824. The number of nitrogens with zero attached hydrogens (tertiary/aromatic N) is 5. The smallest absolute Gasteiger partial charge is 0.276 e. The van der Waals surface area contributed by atoms with Crippen LogP contribution in [0, 0.1) is 0 Å². The van der Waals surface area contributed by atoms with Crippen molar-refractivity contribution in [3.63, 3.8) is 0 Å². The third-order valence-corrected chi connectivity index (χ3v) is 5.40. The largest absolute Gasteiger partial charge is 0.352 e. The second-order valence-electron chi connectivity index (χ2n) is 7.57. The SMILES string of the molecule is CC(C(=O)NC1CC1)N1CCN(C(=O)c2cn(Cc3ccccc3)nn2)CC1. The average molecular weight is 382 g/mol. The van der Waals surface area contributed by atoms with E-state index in [2.05, 4.69) is 20.5 Å². The van der Waals surface area contributed by atoms with E-state index < -0.39 is 0 Å². The second-order valence-corrected chi connectivity index (χ2v) is 7.57. The summed E-state index contributed by atoms with van der Waals surface area (Å²) in [6.45, 7) is 5.07. The van der Waals surface area contributed by atoms with Gasteiger partial charge in [-0.05, 0) is 25.3 Å². The molecule has 2 heterocycles. The molecule has 1 N–H and O–H groups in total. The zero-order valence-electron chi connectivity index (χ0n) is 16.1. The van der Waals surface area contributed by atoms with Crippen LogP contribution < -0.4 is 5.32 Å². The van der Waals surface area contributed by atoms with Crippen LogP contribution in [0.3, 0.4) is 0 Å². The molecule has 28 heavy (non-hydrogen) atoms. The number of nitrogens with one attached hydrogen (secondary N) is 1. The monoisotopic (exact) mass is 382 g/mol. The van der Waals surface area contributed by atoms with Crippen LogP contribution >= 0.6 is 0 Å². The van der Waals surface area contributed by atoms with Gasteiger partial charge >= 0.3 is 0 Å². The van der Waals surface area contributed by atoms with Crippen LogP contribution in [-0.4, -0.2) is 74.9 Å². The summed E-state index contributed by atoms with van der Waals surface area (Å²) in [5, 5.41) is 11.2. The summed E-state index contributed by atoms with van der Waals surface area (Å²) < 4.78 is 1.68. The fourth-order valence-electron chi connectivity index (χ4n) is 3.43. The topological polar surface area (TPSA) is 83.4 Å². The molecule has 1 aromatic carbocycles. The van der Waals surface area contributed by atoms with Crippen molar-refractivity contribution in [1.82, 2.24) is 30.1 Å².